The standard InChI is InChI=1S/C19H17FN2O3/c1-11(23)16-9-6-14(20)10-17(16)22-19(25)13-4-2-12(3-5-13)18(24)21-15-7-8-15/h2-6,9-10,15H,7-8H2,1H3,(H,21,24)(H,22,25). The summed E-state index contributed by atoms with van der Waals surface area (Å²) < 4.78 is 13.4. The molecule has 2 aromatic rings. The van der Waals surface area contributed by atoms with Crippen molar-refractivity contribution in [2.45, 2.75) is 25.8 Å². The van der Waals surface area contributed by atoms with E-state index in [2.05, 4.69) is 10.6 Å². The summed E-state index contributed by atoms with van der Waals surface area (Å²) in [6, 6.07) is 10.0. The van der Waals surface area contributed by atoms with Crippen molar-refractivity contribution in [2.24, 2.45) is 0 Å². The molecule has 1 saturated carbocycles. The van der Waals surface area contributed by atoms with Gasteiger partial charge in [0.1, 0.15) is 5.82 Å². The lowest BCUT2D eigenvalue weighted by atomic mass is 10.1. The Morgan fingerprint density at radius 2 is 1.56 bits per heavy atom. The molecule has 128 valence electrons. The molecule has 0 aromatic heterocycles. The van der Waals surface area contributed by atoms with Crippen LogP contribution in [0.1, 0.15) is 50.8 Å². The second kappa shape index (κ2) is 6.84. The molecular formula is C19H17FN2O3. The van der Waals surface area contributed by atoms with E-state index in [9.17, 15) is 18.8 Å². The Hall–Kier alpha value is -3.02. The average Bonchev–Trinajstić information content (AvgIpc) is 3.38. The molecule has 5 nitrogen and oxygen atoms in total. The van der Waals surface area contributed by atoms with Crippen LogP contribution in [0.3, 0.4) is 0 Å². The van der Waals surface area contributed by atoms with Crippen LogP contribution in [0.25, 0.3) is 0 Å². The molecule has 0 saturated heterocycles. The summed E-state index contributed by atoms with van der Waals surface area (Å²) >= 11 is 0. The first-order valence-corrected chi connectivity index (χ1v) is 7.97. The molecule has 2 N–H and O–H groups in total. The molecule has 0 atom stereocenters. The van der Waals surface area contributed by atoms with Gasteiger partial charge in [0.2, 0.25) is 0 Å². The molecule has 1 aliphatic carbocycles. The van der Waals surface area contributed by atoms with E-state index in [1.807, 2.05) is 0 Å². The average molecular weight is 340 g/mol. The van der Waals surface area contributed by atoms with Gasteiger partial charge in [-0.05, 0) is 62.2 Å². The van der Waals surface area contributed by atoms with Gasteiger partial charge in [0.05, 0.1) is 5.69 Å². The fourth-order valence-corrected chi connectivity index (χ4v) is 2.39. The van der Waals surface area contributed by atoms with Crippen molar-refractivity contribution < 1.29 is 18.8 Å². The number of hydrogen-bond donors (Lipinski definition) is 2. The number of nitrogens with one attached hydrogen (secondary N) is 2. The maximum absolute atomic E-state index is 13.4. The summed E-state index contributed by atoms with van der Waals surface area (Å²) in [4.78, 5) is 35.8. The molecule has 0 aliphatic heterocycles. The lowest BCUT2D eigenvalue weighted by Crippen LogP contribution is -2.25. The molecule has 0 spiro atoms. The molecule has 0 unspecified atom stereocenters. The van der Waals surface area contributed by atoms with Gasteiger partial charge in [-0.2, -0.15) is 0 Å². The number of halogens is 1. The smallest absolute Gasteiger partial charge is 0.255 e. The first kappa shape index (κ1) is 16.8. The van der Waals surface area contributed by atoms with Gasteiger partial charge in [-0.1, -0.05) is 0 Å². The minimum Gasteiger partial charge on any atom is -0.349 e. The monoisotopic (exact) mass is 340 g/mol. The molecule has 6 heteroatoms. The summed E-state index contributed by atoms with van der Waals surface area (Å²) in [5, 5.41) is 5.41. The Labute approximate surface area is 144 Å². The number of rotatable bonds is 5. The quantitative estimate of drug-likeness (QED) is 0.821. The van der Waals surface area contributed by atoms with Crippen LogP contribution in [-0.4, -0.2) is 23.6 Å². The molecule has 2 amide bonds. The van der Waals surface area contributed by atoms with Crippen LogP contribution in [0.15, 0.2) is 42.5 Å². The Morgan fingerprint density at radius 1 is 0.960 bits per heavy atom. The minimum absolute atomic E-state index is 0.119. The summed E-state index contributed by atoms with van der Waals surface area (Å²) in [6.45, 7) is 1.34. The van der Waals surface area contributed by atoms with Crippen molar-refractivity contribution in [3.05, 3.63) is 65.0 Å². The van der Waals surface area contributed by atoms with Crippen molar-refractivity contribution in [2.75, 3.05) is 5.32 Å². The van der Waals surface area contributed by atoms with Gasteiger partial charge in [-0.25, -0.2) is 4.39 Å². The normalized spacial score (nSPS) is 13.2. The minimum atomic E-state index is -0.549. The van der Waals surface area contributed by atoms with Gasteiger partial charge >= 0.3 is 0 Å². The van der Waals surface area contributed by atoms with Crippen LogP contribution in [0, 0.1) is 5.82 Å². The van der Waals surface area contributed by atoms with Crippen LogP contribution >= 0.6 is 0 Å². The third-order valence-electron chi connectivity index (χ3n) is 3.93. The molecule has 25 heavy (non-hydrogen) atoms. The maximum atomic E-state index is 13.4. The van der Waals surface area contributed by atoms with Gasteiger partial charge in [-0.3, -0.25) is 14.4 Å². The zero-order valence-corrected chi connectivity index (χ0v) is 13.6. The van der Waals surface area contributed by atoms with Crippen LogP contribution in [0.5, 0.6) is 0 Å². The number of carbonyl (C=O) groups is 3. The zero-order valence-electron chi connectivity index (χ0n) is 13.6. The van der Waals surface area contributed by atoms with Crippen molar-refractivity contribution >= 4 is 23.3 Å². The molecule has 1 fully saturated rings. The van der Waals surface area contributed by atoms with E-state index < -0.39 is 11.7 Å². The zero-order chi connectivity index (χ0) is 18.0. The van der Waals surface area contributed by atoms with Crippen molar-refractivity contribution in [3.8, 4) is 0 Å². The Morgan fingerprint density at radius 3 is 2.12 bits per heavy atom. The maximum Gasteiger partial charge on any atom is 0.255 e. The second-order valence-corrected chi connectivity index (χ2v) is 6.03. The van der Waals surface area contributed by atoms with E-state index in [0.29, 0.717) is 11.1 Å². The molecule has 2 aromatic carbocycles. The highest BCUT2D eigenvalue weighted by molar-refractivity contribution is 6.09. The highest BCUT2D eigenvalue weighted by Gasteiger charge is 2.23. The van der Waals surface area contributed by atoms with Crippen molar-refractivity contribution in [1.82, 2.24) is 5.32 Å². The Balaban J connectivity index is 1.74. The van der Waals surface area contributed by atoms with Crippen molar-refractivity contribution in [3.63, 3.8) is 0 Å². The van der Waals surface area contributed by atoms with E-state index in [1.54, 1.807) is 12.1 Å². The second-order valence-electron chi connectivity index (χ2n) is 6.03. The highest BCUT2D eigenvalue weighted by Crippen LogP contribution is 2.20. The van der Waals surface area contributed by atoms with Gasteiger partial charge in [0.25, 0.3) is 11.8 Å². The van der Waals surface area contributed by atoms with E-state index >= 15 is 0 Å². The summed E-state index contributed by atoms with van der Waals surface area (Å²) in [5.41, 5.74) is 1.13. The summed E-state index contributed by atoms with van der Waals surface area (Å²) in [7, 11) is 0. The fourth-order valence-electron chi connectivity index (χ4n) is 2.39. The lowest BCUT2D eigenvalue weighted by molar-refractivity contribution is 0.0948. The Bertz CT molecular complexity index is 842. The molecule has 3 rings (SSSR count). The summed E-state index contributed by atoms with van der Waals surface area (Å²) in [6.07, 6.45) is 2.00. The number of carbonyl (C=O) groups excluding carboxylic acids is 3. The molecule has 1 aliphatic rings. The molecular weight excluding hydrogens is 323 g/mol. The van der Waals surface area contributed by atoms with E-state index in [4.69, 9.17) is 0 Å². The summed E-state index contributed by atoms with van der Waals surface area (Å²) in [5.74, 6) is -1.48. The van der Waals surface area contributed by atoms with Gasteiger partial charge < -0.3 is 10.6 Å². The number of Topliss-reactive ketones (excluding diaryl/α,β-unsaturated/α-hetero) is 1. The molecule has 0 heterocycles. The largest absolute Gasteiger partial charge is 0.349 e. The SMILES string of the molecule is CC(=O)c1ccc(F)cc1NC(=O)c1ccc(C(=O)NC2CC2)cc1. The first-order valence-electron chi connectivity index (χ1n) is 7.97. The van der Waals surface area contributed by atoms with Crippen molar-refractivity contribution in [1.29, 1.82) is 0 Å². The van der Waals surface area contributed by atoms with E-state index in [-0.39, 0.29) is 29.0 Å². The first-order chi connectivity index (χ1) is 11.9. The van der Waals surface area contributed by atoms with E-state index in [1.165, 1.54) is 31.2 Å². The van der Waals surface area contributed by atoms with Crippen LogP contribution in [0.2, 0.25) is 0 Å². The third-order valence-corrected chi connectivity index (χ3v) is 3.93. The predicted molar refractivity (Wildman–Crippen MR) is 91.3 cm³/mol. The number of hydrogen-bond acceptors (Lipinski definition) is 3. The van der Waals surface area contributed by atoms with Crippen LogP contribution < -0.4 is 10.6 Å². The third kappa shape index (κ3) is 4.09. The fraction of sp³-hybridized carbons (Fsp3) is 0.211. The number of anilines is 1. The topological polar surface area (TPSA) is 75.3 Å². The van der Waals surface area contributed by atoms with Crippen LogP contribution in [-0.2, 0) is 0 Å². The van der Waals surface area contributed by atoms with Gasteiger partial charge in [0, 0.05) is 22.7 Å². The number of ketones is 1. The molecule has 0 radical (unpaired) electrons. The Kier molecular flexibility index (Phi) is 4.61. The highest BCUT2D eigenvalue weighted by atomic mass is 19.1. The molecule has 0 bridgehead atoms. The van der Waals surface area contributed by atoms with Crippen LogP contribution in [0.4, 0.5) is 10.1 Å². The number of amides is 2. The number of benzene rings is 2. The predicted octanol–water partition coefficient (Wildman–Crippen LogP) is 3.17. The van der Waals surface area contributed by atoms with E-state index in [0.717, 1.165) is 18.9 Å². The van der Waals surface area contributed by atoms with Gasteiger partial charge in [0.15, 0.2) is 5.78 Å². The lowest BCUT2D eigenvalue weighted by Gasteiger charge is -2.10. The van der Waals surface area contributed by atoms with Gasteiger partial charge in [-0.15, -0.1) is 0 Å².